The molecule has 0 unspecified atom stereocenters. The van der Waals surface area contributed by atoms with Crippen LogP contribution >= 0.6 is 23.4 Å². The molecule has 12 heavy (non-hydrogen) atoms. The quantitative estimate of drug-likeness (QED) is 0.760. The SMILES string of the molecule is N#Cc1[nH]nc(SC(F)F)c1Cl. The fourth-order valence-corrected chi connectivity index (χ4v) is 1.28. The summed E-state index contributed by atoms with van der Waals surface area (Å²) in [6.45, 7) is 0. The van der Waals surface area contributed by atoms with Gasteiger partial charge in [0.2, 0.25) is 0 Å². The smallest absolute Gasteiger partial charge is 0.266 e. The Bertz CT molecular complexity index is 319. The van der Waals surface area contributed by atoms with Crippen molar-refractivity contribution in [3.05, 3.63) is 10.7 Å². The summed E-state index contributed by atoms with van der Waals surface area (Å²) in [5, 5.41) is 13.9. The predicted molar refractivity (Wildman–Crippen MR) is 40.2 cm³/mol. The van der Waals surface area contributed by atoms with Gasteiger partial charge in [-0.15, -0.1) is 0 Å². The van der Waals surface area contributed by atoms with Gasteiger partial charge in [0.25, 0.3) is 5.76 Å². The highest BCUT2D eigenvalue weighted by Gasteiger charge is 2.15. The largest absolute Gasteiger partial charge is 0.290 e. The highest BCUT2D eigenvalue weighted by Crippen LogP contribution is 2.31. The molecule has 0 saturated carbocycles. The molecule has 0 aromatic carbocycles. The average Bonchev–Trinajstić information content (AvgIpc) is 2.32. The zero-order valence-electron chi connectivity index (χ0n) is 5.51. The van der Waals surface area contributed by atoms with Gasteiger partial charge in [-0.05, 0) is 11.8 Å². The molecule has 3 nitrogen and oxygen atoms in total. The molecule has 0 saturated heterocycles. The number of rotatable bonds is 2. The lowest BCUT2D eigenvalue weighted by Gasteiger charge is -1.92. The second kappa shape index (κ2) is 3.74. The molecular weight excluding hydrogens is 208 g/mol. The number of nitriles is 1. The molecule has 1 N–H and O–H groups in total. The Morgan fingerprint density at radius 3 is 2.75 bits per heavy atom. The first-order valence-electron chi connectivity index (χ1n) is 2.74. The van der Waals surface area contributed by atoms with Gasteiger partial charge in [-0.25, -0.2) is 0 Å². The molecule has 0 aliphatic rings. The van der Waals surface area contributed by atoms with Crippen LogP contribution < -0.4 is 0 Å². The third-order valence-corrected chi connectivity index (χ3v) is 2.17. The maximum Gasteiger partial charge on any atom is 0.290 e. The van der Waals surface area contributed by atoms with Crippen LogP contribution in [0.3, 0.4) is 0 Å². The Kier molecular flexibility index (Phi) is 2.89. The van der Waals surface area contributed by atoms with Crippen molar-refractivity contribution in [3.8, 4) is 6.07 Å². The third-order valence-electron chi connectivity index (χ3n) is 0.989. The number of nitrogens with zero attached hydrogens (tertiary/aromatic N) is 2. The minimum atomic E-state index is -2.59. The highest BCUT2D eigenvalue weighted by atomic mass is 35.5. The van der Waals surface area contributed by atoms with Crippen LogP contribution in [0.15, 0.2) is 5.03 Å². The molecule has 0 atom stereocenters. The van der Waals surface area contributed by atoms with Gasteiger partial charge >= 0.3 is 0 Å². The first-order chi connectivity index (χ1) is 5.65. The van der Waals surface area contributed by atoms with E-state index in [4.69, 9.17) is 16.9 Å². The molecule has 0 fully saturated rings. The summed E-state index contributed by atoms with van der Waals surface area (Å²) in [5.41, 5.74) is -0.000170. The van der Waals surface area contributed by atoms with E-state index in [1.165, 1.54) is 0 Å². The molecule has 0 aliphatic heterocycles. The summed E-state index contributed by atoms with van der Waals surface area (Å²) in [5.74, 6) is -2.59. The number of aromatic nitrogens is 2. The molecule has 1 rings (SSSR count). The summed E-state index contributed by atoms with van der Waals surface area (Å²) in [7, 11) is 0. The number of nitrogens with one attached hydrogen (secondary N) is 1. The lowest BCUT2D eigenvalue weighted by Crippen LogP contribution is -1.81. The van der Waals surface area contributed by atoms with Crippen molar-refractivity contribution in [2.24, 2.45) is 0 Å². The number of H-pyrrole nitrogens is 1. The summed E-state index contributed by atoms with van der Waals surface area (Å²) in [4.78, 5) is 0. The predicted octanol–water partition coefficient (Wildman–Crippen LogP) is 2.25. The van der Waals surface area contributed by atoms with E-state index < -0.39 is 5.76 Å². The minimum absolute atomic E-state index is 0.000170. The number of hydrogen-bond donors (Lipinski definition) is 1. The summed E-state index contributed by atoms with van der Waals surface area (Å²) < 4.78 is 23.6. The van der Waals surface area contributed by atoms with Crippen LogP contribution in [0.5, 0.6) is 0 Å². The van der Waals surface area contributed by atoms with Crippen molar-refractivity contribution in [2.45, 2.75) is 10.8 Å². The maximum atomic E-state index is 11.8. The van der Waals surface area contributed by atoms with Gasteiger partial charge < -0.3 is 0 Å². The van der Waals surface area contributed by atoms with Crippen LogP contribution in [0.4, 0.5) is 8.78 Å². The second-order valence-corrected chi connectivity index (χ2v) is 3.06. The van der Waals surface area contributed by atoms with Crippen LogP contribution in [-0.4, -0.2) is 16.0 Å². The zero-order chi connectivity index (χ0) is 9.14. The molecule has 1 aromatic heterocycles. The number of alkyl halides is 2. The standard InChI is InChI=1S/C5H2ClF2N3S/c6-3-2(1-9)10-11-4(3)12-5(7)8/h5H,(H,10,11). The maximum absolute atomic E-state index is 11.8. The number of thioether (sulfide) groups is 1. The van der Waals surface area contributed by atoms with Crippen molar-refractivity contribution >= 4 is 23.4 Å². The van der Waals surface area contributed by atoms with Gasteiger partial charge in [0, 0.05) is 0 Å². The third kappa shape index (κ3) is 1.87. The van der Waals surface area contributed by atoms with E-state index in [1.54, 1.807) is 6.07 Å². The van der Waals surface area contributed by atoms with Crippen LogP contribution in [0.1, 0.15) is 5.69 Å². The monoisotopic (exact) mass is 209 g/mol. The normalized spacial score (nSPS) is 10.2. The first kappa shape index (κ1) is 9.29. The van der Waals surface area contributed by atoms with Crippen LogP contribution in [0.2, 0.25) is 5.02 Å². The molecule has 0 bridgehead atoms. The summed E-state index contributed by atoms with van der Waals surface area (Å²) >= 11 is 5.70. The molecular formula is C5H2ClF2N3S. The fraction of sp³-hybridized carbons (Fsp3) is 0.200. The lowest BCUT2D eigenvalue weighted by atomic mass is 10.5. The Morgan fingerprint density at radius 1 is 1.67 bits per heavy atom. The van der Waals surface area contributed by atoms with E-state index in [0.29, 0.717) is 0 Å². The minimum Gasteiger partial charge on any atom is -0.266 e. The van der Waals surface area contributed by atoms with Crippen LogP contribution in [-0.2, 0) is 0 Å². The number of hydrogen-bond acceptors (Lipinski definition) is 3. The fourth-order valence-electron chi connectivity index (χ4n) is 0.548. The molecule has 1 heterocycles. The molecule has 0 spiro atoms. The van der Waals surface area contributed by atoms with Gasteiger partial charge in [-0.1, -0.05) is 11.6 Å². The van der Waals surface area contributed by atoms with Gasteiger partial charge in [-0.3, -0.25) is 5.10 Å². The van der Waals surface area contributed by atoms with E-state index in [1.807, 2.05) is 0 Å². The Labute approximate surface area is 75.7 Å². The Morgan fingerprint density at radius 2 is 2.33 bits per heavy atom. The number of aromatic amines is 1. The van der Waals surface area contributed by atoms with E-state index in [9.17, 15) is 8.78 Å². The van der Waals surface area contributed by atoms with Gasteiger partial charge in [0.1, 0.15) is 16.1 Å². The van der Waals surface area contributed by atoms with E-state index in [0.717, 1.165) is 0 Å². The van der Waals surface area contributed by atoms with Gasteiger partial charge in [-0.2, -0.15) is 19.1 Å². The summed E-state index contributed by atoms with van der Waals surface area (Å²) in [6, 6.07) is 1.68. The molecule has 1 aromatic rings. The molecule has 64 valence electrons. The Hall–Kier alpha value is -0.800. The average molecular weight is 210 g/mol. The van der Waals surface area contributed by atoms with Crippen molar-refractivity contribution in [3.63, 3.8) is 0 Å². The molecule has 7 heteroatoms. The summed E-state index contributed by atoms with van der Waals surface area (Å²) in [6.07, 6.45) is 0. The van der Waals surface area contributed by atoms with Crippen molar-refractivity contribution < 1.29 is 8.78 Å². The topological polar surface area (TPSA) is 52.5 Å². The van der Waals surface area contributed by atoms with Crippen LogP contribution in [0, 0.1) is 11.3 Å². The Balaban J connectivity index is 2.89. The lowest BCUT2D eigenvalue weighted by molar-refractivity contribution is 0.252. The van der Waals surface area contributed by atoms with Crippen molar-refractivity contribution in [1.29, 1.82) is 5.26 Å². The molecule has 0 radical (unpaired) electrons. The highest BCUT2D eigenvalue weighted by molar-refractivity contribution is 7.99. The van der Waals surface area contributed by atoms with Crippen molar-refractivity contribution in [2.75, 3.05) is 0 Å². The second-order valence-electron chi connectivity index (χ2n) is 1.71. The van der Waals surface area contributed by atoms with Crippen LogP contribution in [0.25, 0.3) is 0 Å². The van der Waals surface area contributed by atoms with E-state index in [-0.39, 0.29) is 27.5 Å². The van der Waals surface area contributed by atoms with Gasteiger partial charge in [0.15, 0.2) is 5.69 Å². The first-order valence-corrected chi connectivity index (χ1v) is 3.99. The van der Waals surface area contributed by atoms with Gasteiger partial charge in [0.05, 0.1) is 0 Å². The molecule has 0 amide bonds. The molecule has 0 aliphatic carbocycles. The van der Waals surface area contributed by atoms with E-state index >= 15 is 0 Å². The van der Waals surface area contributed by atoms with E-state index in [2.05, 4.69) is 10.2 Å². The zero-order valence-corrected chi connectivity index (χ0v) is 7.09. The van der Waals surface area contributed by atoms with Crippen molar-refractivity contribution in [1.82, 2.24) is 10.2 Å². The number of halogens is 3.